The van der Waals surface area contributed by atoms with Crippen molar-refractivity contribution in [3.63, 3.8) is 0 Å². The Morgan fingerprint density at radius 3 is 1.92 bits per heavy atom. The molecule has 0 fully saturated rings. The molecule has 0 heterocycles. The Kier molecular flexibility index (Phi) is 7.23. The van der Waals surface area contributed by atoms with Gasteiger partial charge in [-0.25, -0.2) is 0 Å². The van der Waals surface area contributed by atoms with E-state index in [2.05, 4.69) is 12.4 Å². The molecule has 0 spiro atoms. The van der Waals surface area contributed by atoms with Crippen LogP contribution in [0.2, 0.25) is 0 Å². The van der Waals surface area contributed by atoms with Crippen molar-refractivity contribution in [2.24, 2.45) is 0 Å². The number of hydrogen-bond acceptors (Lipinski definition) is 6. The van der Waals surface area contributed by atoms with E-state index in [1.54, 1.807) is 12.1 Å². The molecule has 0 unspecified atom stereocenters. The second-order valence-corrected chi connectivity index (χ2v) is 6.33. The molecular weight excluding hydrogens is 498 g/mol. The molecule has 2 aromatic carbocycles. The first-order valence-corrected chi connectivity index (χ1v) is 7.87. The third-order valence-electron chi connectivity index (χ3n) is 3.67. The number of carbonyl (C=O) groups excluding carboxylic acids is 2. The van der Waals surface area contributed by atoms with Gasteiger partial charge >= 0.3 is 0 Å². The van der Waals surface area contributed by atoms with Crippen molar-refractivity contribution in [2.45, 2.75) is 4.90 Å². The van der Waals surface area contributed by atoms with Gasteiger partial charge in [-0.15, -0.1) is 0 Å². The zero-order chi connectivity index (χ0) is 16.9. The number of nitrogen functional groups attached to an aromatic ring is 1. The van der Waals surface area contributed by atoms with Gasteiger partial charge in [0.2, 0.25) is 0 Å². The van der Waals surface area contributed by atoms with E-state index < -0.39 is 32.3 Å². The van der Waals surface area contributed by atoms with Gasteiger partial charge in [-0.1, -0.05) is 24.3 Å². The number of rotatable bonds is 2. The molecule has 0 amide bonds. The van der Waals surface area contributed by atoms with Crippen molar-refractivity contribution in [1.29, 1.82) is 0 Å². The van der Waals surface area contributed by atoms with E-state index in [-0.39, 0.29) is 93.4 Å². The Hall–Kier alpha value is -0.502. The summed E-state index contributed by atoms with van der Waals surface area (Å²) in [5.74, 6) is -1.07. The largest absolute Gasteiger partial charge is 0.537 e. The molecule has 0 bridgehead atoms. The molecule has 25 heavy (non-hydrogen) atoms. The summed E-state index contributed by atoms with van der Waals surface area (Å²) in [6.45, 7) is 0. The molecule has 2 radical (unpaired) electrons. The predicted molar refractivity (Wildman–Crippen MR) is 83.0 cm³/mol. The zero-order valence-corrected chi connectivity index (χ0v) is 19.3. The van der Waals surface area contributed by atoms with E-state index in [0.717, 1.165) is 6.07 Å². The van der Waals surface area contributed by atoms with E-state index in [9.17, 15) is 22.6 Å². The van der Waals surface area contributed by atoms with Gasteiger partial charge < -0.3 is 11.1 Å². The fourth-order valence-corrected chi connectivity index (χ4v) is 3.29. The first-order chi connectivity index (χ1) is 10.8. The maximum Gasteiger partial charge on any atom is 0.296 e. The van der Waals surface area contributed by atoms with Crippen LogP contribution in [0.3, 0.4) is 0 Å². The number of hydrogen-bond donors (Lipinski definition) is 3. The molecule has 1 aliphatic rings. The Morgan fingerprint density at radius 2 is 1.48 bits per heavy atom. The van der Waals surface area contributed by atoms with E-state index in [0.29, 0.717) is 0 Å². The zero-order valence-electron chi connectivity index (χ0n) is 12.8. The minimum atomic E-state index is -4.67. The van der Waals surface area contributed by atoms with Crippen molar-refractivity contribution in [3.05, 3.63) is 59.6 Å². The minimum Gasteiger partial charge on any atom is -0.537 e. The smallest absolute Gasteiger partial charge is 0.296 e. The summed E-state index contributed by atoms with van der Waals surface area (Å²) < 4.78 is 32.2. The van der Waals surface area contributed by atoms with Crippen molar-refractivity contribution in [3.8, 4) is 0 Å². The van der Waals surface area contributed by atoms with Crippen LogP contribution in [0.5, 0.6) is 0 Å². The first-order valence-electron chi connectivity index (χ1n) is 6.43. The van der Waals surface area contributed by atoms with E-state index >= 15 is 0 Å². The van der Waals surface area contributed by atoms with Crippen LogP contribution >= 0.6 is 0 Å². The monoisotopic (exact) mass is 509 g/mol. The summed E-state index contributed by atoms with van der Waals surface area (Å²) >= 11 is 0. The van der Waals surface area contributed by atoms with Crippen molar-refractivity contribution < 1.29 is 88.0 Å². The molecule has 3 rings (SSSR count). The molecule has 0 saturated carbocycles. The fourth-order valence-electron chi connectivity index (χ4n) is 2.65. The predicted octanol–water partition coefficient (Wildman–Crippen LogP) is 1.49. The van der Waals surface area contributed by atoms with Gasteiger partial charge in [0.1, 0.15) is 4.90 Å². The summed E-state index contributed by atoms with van der Waals surface area (Å²) in [5.41, 5.74) is 5.30. The number of carbonyl (C=O) groups is 2. The third-order valence-corrected chi connectivity index (χ3v) is 4.56. The molecule has 0 aliphatic heterocycles. The number of ketones is 2. The van der Waals surface area contributed by atoms with Crippen LogP contribution in [0.15, 0.2) is 35.2 Å². The maximum absolute atomic E-state index is 12.7. The number of fused-ring (bicyclic) bond motifs is 2. The van der Waals surface area contributed by atoms with Crippen LogP contribution in [0.25, 0.3) is 0 Å². The third kappa shape index (κ3) is 3.66. The normalized spacial score (nSPS) is 12.4. The summed E-state index contributed by atoms with van der Waals surface area (Å²) in [6.07, 6.45) is 0. The Bertz CT molecular complexity index is 990. The van der Waals surface area contributed by atoms with Crippen molar-refractivity contribution in [2.75, 3.05) is 11.1 Å². The van der Waals surface area contributed by atoms with Gasteiger partial charge in [0.05, 0.1) is 16.8 Å². The van der Waals surface area contributed by atoms with Crippen LogP contribution in [0.1, 0.15) is 31.8 Å². The number of nitrogens with two attached hydrogens (primary N) is 1. The van der Waals surface area contributed by atoms with Crippen molar-refractivity contribution >= 4 is 33.1 Å². The molecule has 2 aromatic rings. The number of nitrogens with one attached hydrogen (secondary N) is 1. The van der Waals surface area contributed by atoms with Crippen LogP contribution < -0.4 is 11.1 Å². The van der Waals surface area contributed by atoms with Gasteiger partial charge in [0.25, 0.3) is 10.1 Å². The molecule has 1 aliphatic carbocycles. The standard InChI is InChI=1S/C15H11N2O5S.2Y/c1-17-9-6-10(23(20,21)22)13(16)12-11(9)14(18)7-4-2-3-5-8(7)15(12)19;;/h2-6,17H,1,16H2,(H,20,21,22);;/q-1;;. The quantitative estimate of drug-likeness (QED) is 0.272. The Balaban J connectivity index is 0.00000156. The summed E-state index contributed by atoms with van der Waals surface area (Å²) in [7, 11) is -1.27. The number of benzene rings is 2. The summed E-state index contributed by atoms with van der Waals surface area (Å²) in [4.78, 5) is 24.7. The van der Waals surface area contributed by atoms with Crippen LogP contribution in [-0.4, -0.2) is 24.5 Å². The molecule has 4 N–H and O–H groups in total. The second-order valence-electron chi connectivity index (χ2n) is 4.94. The van der Waals surface area contributed by atoms with Gasteiger partial charge in [-0.2, -0.15) is 8.42 Å². The molecular formula is C15H11N2O5SY2-. The summed E-state index contributed by atoms with van der Waals surface area (Å²) in [6, 6.07) is 7.13. The summed E-state index contributed by atoms with van der Waals surface area (Å²) in [5, 5.41) is 2.42. The van der Waals surface area contributed by atoms with Gasteiger partial charge in [0.15, 0.2) is 11.6 Å². The Labute approximate surface area is 194 Å². The second kappa shape index (κ2) is 8.02. The minimum absolute atomic E-state index is 0. The SMILES string of the molecule is [CH2-]Nc1cc(S(=O)(=O)O)c(N)c2c1C(=O)c1ccccc1C2=O.[Y].[Y]. The average molecular weight is 509 g/mol. The topological polar surface area (TPSA) is 127 Å². The fraction of sp³-hybridized carbons (Fsp3) is 0. The van der Waals surface area contributed by atoms with Gasteiger partial charge in [0, 0.05) is 82.2 Å². The molecule has 0 aromatic heterocycles. The number of anilines is 2. The van der Waals surface area contributed by atoms with E-state index in [4.69, 9.17) is 5.73 Å². The van der Waals surface area contributed by atoms with E-state index in [1.165, 1.54) is 12.1 Å². The first kappa shape index (κ1) is 22.5. The van der Waals surface area contributed by atoms with E-state index in [1.807, 2.05) is 0 Å². The maximum atomic E-state index is 12.7. The van der Waals surface area contributed by atoms with Crippen LogP contribution in [0, 0.1) is 7.05 Å². The molecule has 7 nitrogen and oxygen atoms in total. The van der Waals surface area contributed by atoms with Crippen LogP contribution in [-0.2, 0) is 75.5 Å². The average Bonchev–Trinajstić information content (AvgIpc) is 2.51. The molecule has 10 heteroatoms. The molecule has 0 saturated heterocycles. The Morgan fingerprint density at radius 1 is 1.00 bits per heavy atom. The molecule has 0 atom stereocenters. The van der Waals surface area contributed by atoms with Gasteiger partial charge in [-0.05, 0) is 6.07 Å². The molecule has 124 valence electrons. The van der Waals surface area contributed by atoms with Crippen LogP contribution in [0.4, 0.5) is 11.4 Å². The van der Waals surface area contributed by atoms with Gasteiger partial charge in [-0.3, -0.25) is 21.2 Å². The van der Waals surface area contributed by atoms with Crippen molar-refractivity contribution in [1.82, 2.24) is 0 Å².